The molecule has 1 fully saturated rings. The highest BCUT2D eigenvalue weighted by atomic mass is 35.5. The third-order valence-corrected chi connectivity index (χ3v) is 5.65. The van der Waals surface area contributed by atoms with Gasteiger partial charge in [-0.05, 0) is 37.0 Å². The summed E-state index contributed by atoms with van der Waals surface area (Å²) in [7, 11) is 1.56. The maximum absolute atomic E-state index is 9.99. The molecule has 1 aromatic carbocycles. The van der Waals surface area contributed by atoms with Crippen LogP contribution in [0.4, 0.5) is 11.5 Å². The number of halogens is 1. The molecule has 32 heavy (non-hydrogen) atoms. The van der Waals surface area contributed by atoms with E-state index in [1.807, 2.05) is 18.2 Å². The van der Waals surface area contributed by atoms with Gasteiger partial charge in [-0.2, -0.15) is 9.61 Å². The number of hydrogen-bond acceptors (Lipinski definition) is 7. The molecular formula is C22H21ClN6O3. The van der Waals surface area contributed by atoms with E-state index in [0.717, 1.165) is 6.54 Å². The third kappa shape index (κ3) is 3.94. The summed E-state index contributed by atoms with van der Waals surface area (Å²) >= 11 is 6.45. The summed E-state index contributed by atoms with van der Waals surface area (Å²) in [5.41, 5.74) is 2.27. The van der Waals surface area contributed by atoms with E-state index in [0.29, 0.717) is 50.1 Å². The molecule has 0 amide bonds. The van der Waals surface area contributed by atoms with Gasteiger partial charge in [0, 0.05) is 29.5 Å². The number of methoxy groups -OCH3 is 1. The Morgan fingerprint density at radius 2 is 2.19 bits per heavy atom. The summed E-state index contributed by atoms with van der Waals surface area (Å²) in [6, 6.07) is 8.70. The van der Waals surface area contributed by atoms with Gasteiger partial charge < -0.3 is 20.3 Å². The number of anilines is 2. The smallest absolute Gasteiger partial charge is 0.198 e. The minimum absolute atomic E-state index is 0.131. The van der Waals surface area contributed by atoms with Crippen molar-refractivity contribution in [1.29, 1.82) is 0 Å². The molecule has 3 aromatic heterocycles. The lowest BCUT2D eigenvalue weighted by atomic mass is 10.2. The second kappa shape index (κ2) is 8.08. The molecule has 9 nitrogen and oxygen atoms in total. The fourth-order valence-electron chi connectivity index (χ4n) is 3.39. The number of hydrogen-bond donors (Lipinski definition) is 4. The standard InChI is InChI=1S/C22H21ClN6O3/c1-32-16-4-2-3-15(20(16)23)26-17-9-18(24-10-12-5-6-12)29-21(27-17)14(11-25-29)7-13-8-19(30)28-22(13)31/h2-4,7-9,11-12,26,28,30-31H,5-6,10H2,1H3. The van der Waals surface area contributed by atoms with Gasteiger partial charge >= 0.3 is 0 Å². The predicted molar refractivity (Wildman–Crippen MR) is 120 cm³/mol. The topological polar surface area (TPSA) is 120 Å². The summed E-state index contributed by atoms with van der Waals surface area (Å²) in [6.07, 6.45) is 5.71. The van der Waals surface area contributed by atoms with Crippen molar-refractivity contribution in [3.05, 3.63) is 57.8 Å². The Balaban J connectivity index is 1.65. The zero-order chi connectivity index (χ0) is 22.2. The molecule has 0 spiro atoms. The van der Waals surface area contributed by atoms with Crippen LogP contribution in [0.2, 0.25) is 5.02 Å². The van der Waals surface area contributed by atoms with Crippen LogP contribution in [0.25, 0.3) is 11.7 Å². The predicted octanol–water partition coefficient (Wildman–Crippen LogP) is 2.73. The van der Waals surface area contributed by atoms with Crippen LogP contribution >= 0.6 is 11.6 Å². The minimum atomic E-state index is -0.141. The van der Waals surface area contributed by atoms with Crippen molar-refractivity contribution in [3.8, 4) is 17.5 Å². The summed E-state index contributed by atoms with van der Waals surface area (Å²) < 4.78 is 6.96. The highest BCUT2D eigenvalue weighted by molar-refractivity contribution is 6.34. The Kier molecular flexibility index (Phi) is 5.10. The zero-order valence-electron chi connectivity index (χ0n) is 17.2. The van der Waals surface area contributed by atoms with Gasteiger partial charge in [-0.1, -0.05) is 17.7 Å². The maximum atomic E-state index is 9.99. The number of nitrogens with one attached hydrogen (secondary N) is 2. The number of rotatable bonds is 6. The number of aromatic nitrogens is 4. The molecule has 0 radical (unpaired) electrons. The van der Waals surface area contributed by atoms with Gasteiger partial charge in [0.05, 0.1) is 19.0 Å². The van der Waals surface area contributed by atoms with Crippen molar-refractivity contribution in [2.24, 2.45) is 10.9 Å². The van der Waals surface area contributed by atoms with Gasteiger partial charge in [0.25, 0.3) is 0 Å². The van der Waals surface area contributed by atoms with E-state index in [1.54, 1.807) is 30.0 Å². The van der Waals surface area contributed by atoms with Gasteiger partial charge in [-0.3, -0.25) is 9.98 Å². The lowest BCUT2D eigenvalue weighted by Gasteiger charge is -2.11. The number of fused-ring (bicyclic) bond motifs is 1. The van der Waals surface area contributed by atoms with E-state index in [-0.39, 0.29) is 11.8 Å². The molecule has 1 saturated carbocycles. The van der Waals surface area contributed by atoms with E-state index >= 15 is 0 Å². The first-order valence-corrected chi connectivity index (χ1v) is 10.5. The third-order valence-electron chi connectivity index (χ3n) is 5.26. The molecule has 0 saturated heterocycles. The minimum Gasteiger partial charge on any atom is -0.495 e. The number of aromatic hydroxyl groups is 2. The molecule has 0 atom stereocenters. The van der Waals surface area contributed by atoms with Crippen LogP contribution < -0.4 is 20.8 Å². The van der Waals surface area contributed by atoms with Crippen LogP contribution in [0, 0.1) is 5.92 Å². The van der Waals surface area contributed by atoms with Gasteiger partial charge in [0.15, 0.2) is 22.9 Å². The summed E-state index contributed by atoms with van der Waals surface area (Å²) in [6.45, 7) is 0.726. The van der Waals surface area contributed by atoms with Crippen molar-refractivity contribution < 1.29 is 14.9 Å². The second-order valence-electron chi connectivity index (χ2n) is 7.67. The fraction of sp³-hybridized carbons (Fsp3) is 0.227. The van der Waals surface area contributed by atoms with E-state index in [9.17, 15) is 10.2 Å². The van der Waals surface area contributed by atoms with Crippen molar-refractivity contribution in [3.63, 3.8) is 0 Å². The average Bonchev–Trinajstić information content (AvgIpc) is 3.44. The van der Waals surface area contributed by atoms with Crippen molar-refractivity contribution in [1.82, 2.24) is 19.6 Å². The van der Waals surface area contributed by atoms with Gasteiger partial charge in [-0.15, -0.1) is 0 Å². The maximum Gasteiger partial charge on any atom is 0.198 e. The molecule has 10 heteroatoms. The Bertz CT molecular complexity index is 1420. The van der Waals surface area contributed by atoms with Crippen molar-refractivity contribution in [2.45, 2.75) is 12.8 Å². The molecule has 3 heterocycles. The van der Waals surface area contributed by atoms with E-state index in [2.05, 4.69) is 15.4 Å². The molecule has 1 aliphatic carbocycles. The number of H-pyrrole nitrogens is 1. The van der Waals surface area contributed by atoms with Crippen LogP contribution in [0.3, 0.4) is 0 Å². The summed E-state index contributed by atoms with van der Waals surface area (Å²) in [4.78, 5) is 11.9. The molecule has 4 aromatic rings. The molecule has 0 aliphatic heterocycles. The fourth-order valence-corrected chi connectivity index (χ4v) is 3.64. The van der Waals surface area contributed by atoms with Crippen LogP contribution in [0.5, 0.6) is 17.5 Å². The molecule has 0 bridgehead atoms. The van der Waals surface area contributed by atoms with E-state index < -0.39 is 0 Å². The van der Waals surface area contributed by atoms with E-state index in [1.165, 1.54) is 18.9 Å². The SMILES string of the molecule is COc1cccc(Nc2cc(=NCC3CC3)n3ncc(=Cc4cc(O)[nH]c4O)c3n2)c1Cl. The second-order valence-corrected chi connectivity index (χ2v) is 8.05. The van der Waals surface area contributed by atoms with Gasteiger partial charge in [0.1, 0.15) is 16.6 Å². The number of benzene rings is 1. The molecule has 164 valence electrons. The molecule has 0 unspecified atom stereocenters. The van der Waals surface area contributed by atoms with Crippen molar-refractivity contribution in [2.75, 3.05) is 19.0 Å². The molecule has 1 aliphatic rings. The molecular weight excluding hydrogens is 432 g/mol. The lowest BCUT2D eigenvalue weighted by molar-refractivity contribution is 0.415. The van der Waals surface area contributed by atoms with Gasteiger partial charge in [-0.25, -0.2) is 4.98 Å². The molecule has 5 rings (SSSR count). The van der Waals surface area contributed by atoms with Gasteiger partial charge in [0.2, 0.25) is 0 Å². The number of nitrogens with zero attached hydrogens (tertiary/aromatic N) is 4. The largest absolute Gasteiger partial charge is 0.495 e. The monoisotopic (exact) mass is 452 g/mol. The first-order chi connectivity index (χ1) is 15.5. The molecule has 4 N–H and O–H groups in total. The van der Waals surface area contributed by atoms with Crippen LogP contribution in [0.15, 0.2) is 41.5 Å². The Morgan fingerprint density at radius 3 is 2.91 bits per heavy atom. The Morgan fingerprint density at radius 1 is 1.34 bits per heavy atom. The first kappa shape index (κ1) is 20.2. The van der Waals surface area contributed by atoms with Crippen molar-refractivity contribution >= 4 is 34.8 Å². The highest BCUT2D eigenvalue weighted by Crippen LogP contribution is 2.33. The number of aromatic amines is 1. The first-order valence-electron chi connectivity index (χ1n) is 10.1. The highest BCUT2D eigenvalue weighted by Gasteiger charge is 2.20. The summed E-state index contributed by atoms with van der Waals surface area (Å²) in [5.74, 6) is 1.44. The summed E-state index contributed by atoms with van der Waals surface area (Å²) in [5, 5.41) is 28.4. The van der Waals surface area contributed by atoms with Crippen LogP contribution in [-0.2, 0) is 0 Å². The lowest BCUT2D eigenvalue weighted by Crippen LogP contribution is -2.20. The zero-order valence-corrected chi connectivity index (χ0v) is 18.0. The average molecular weight is 453 g/mol. The Hall–Kier alpha value is -3.72. The quantitative estimate of drug-likeness (QED) is 0.357. The van der Waals surface area contributed by atoms with E-state index in [4.69, 9.17) is 26.3 Å². The Labute approximate surface area is 187 Å². The van der Waals surface area contributed by atoms with Crippen LogP contribution in [0.1, 0.15) is 18.4 Å². The number of ether oxygens (including phenoxy) is 1. The normalized spacial score (nSPS) is 14.9. The van der Waals surface area contributed by atoms with Crippen LogP contribution in [-0.4, -0.2) is 43.4 Å².